The highest BCUT2D eigenvalue weighted by Crippen LogP contribution is 2.35. The monoisotopic (exact) mass is 337 g/mol. The fourth-order valence-corrected chi connectivity index (χ4v) is 2.11. The van der Waals surface area contributed by atoms with Gasteiger partial charge in [-0.15, -0.1) is 0 Å². The topological polar surface area (TPSA) is 72.6 Å². The van der Waals surface area contributed by atoms with Gasteiger partial charge in [-0.1, -0.05) is 34.1 Å². The molecule has 104 valence electrons. The average molecular weight is 338 g/mol. The molecule has 2 aromatic carbocycles. The Morgan fingerprint density at radius 3 is 2.65 bits per heavy atom. The summed E-state index contributed by atoms with van der Waals surface area (Å²) in [5.74, 6) is 0.664. The first-order valence-electron chi connectivity index (χ1n) is 5.92. The molecular weight excluding hydrogens is 326 g/mol. The third kappa shape index (κ3) is 3.34. The number of nitrogens with zero attached hydrogens (tertiary/aromatic N) is 1. The lowest BCUT2D eigenvalue weighted by Crippen LogP contribution is -1.97. The second kappa shape index (κ2) is 6.49. The summed E-state index contributed by atoms with van der Waals surface area (Å²) in [5, 5.41) is 20.0. The summed E-state index contributed by atoms with van der Waals surface area (Å²) >= 11 is 3.27. The van der Waals surface area contributed by atoms with E-state index in [1.54, 1.807) is 24.3 Å². The average Bonchev–Trinajstić information content (AvgIpc) is 2.41. The maximum Gasteiger partial charge on any atom is 0.311 e. The number of hydrogen-bond donors (Lipinski definition) is 1. The first-order valence-corrected chi connectivity index (χ1v) is 6.71. The van der Waals surface area contributed by atoms with Crippen LogP contribution in [0.1, 0.15) is 5.56 Å². The lowest BCUT2D eigenvalue weighted by Gasteiger charge is -2.10. The summed E-state index contributed by atoms with van der Waals surface area (Å²) in [6, 6.07) is 11.7. The van der Waals surface area contributed by atoms with Gasteiger partial charge in [0, 0.05) is 23.2 Å². The van der Waals surface area contributed by atoms with Crippen molar-refractivity contribution in [3.63, 3.8) is 0 Å². The van der Waals surface area contributed by atoms with Crippen molar-refractivity contribution in [1.29, 1.82) is 0 Å². The zero-order valence-electron chi connectivity index (χ0n) is 10.5. The van der Waals surface area contributed by atoms with Crippen molar-refractivity contribution >= 4 is 21.6 Å². The first-order chi connectivity index (χ1) is 9.61. The molecule has 0 fully saturated rings. The minimum atomic E-state index is -0.490. The smallest absolute Gasteiger partial charge is 0.311 e. The molecule has 0 saturated heterocycles. The van der Waals surface area contributed by atoms with Crippen LogP contribution in [0.4, 0.5) is 5.69 Å². The molecule has 0 bridgehead atoms. The molecule has 20 heavy (non-hydrogen) atoms. The van der Waals surface area contributed by atoms with Crippen molar-refractivity contribution in [3.8, 4) is 11.5 Å². The maximum atomic E-state index is 11.0. The van der Waals surface area contributed by atoms with Gasteiger partial charge in [0.15, 0.2) is 0 Å². The van der Waals surface area contributed by atoms with E-state index in [9.17, 15) is 10.1 Å². The van der Waals surface area contributed by atoms with Crippen LogP contribution in [0.25, 0.3) is 0 Å². The predicted molar refractivity (Wildman–Crippen MR) is 78.1 cm³/mol. The van der Waals surface area contributed by atoms with Gasteiger partial charge in [0.2, 0.25) is 5.75 Å². The number of nitro benzene ring substituents is 1. The summed E-state index contributed by atoms with van der Waals surface area (Å²) in [4.78, 5) is 10.5. The maximum absolute atomic E-state index is 11.0. The van der Waals surface area contributed by atoms with Crippen molar-refractivity contribution in [2.45, 2.75) is 6.42 Å². The molecule has 0 amide bonds. The highest BCUT2D eigenvalue weighted by Gasteiger charge is 2.17. The number of halogens is 1. The Morgan fingerprint density at radius 2 is 1.95 bits per heavy atom. The van der Waals surface area contributed by atoms with Gasteiger partial charge in [-0.3, -0.25) is 10.1 Å². The van der Waals surface area contributed by atoms with Crippen LogP contribution in [-0.2, 0) is 6.42 Å². The van der Waals surface area contributed by atoms with Crippen molar-refractivity contribution in [2.24, 2.45) is 0 Å². The molecule has 0 aromatic heterocycles. The van der Waals surface area contributed by atoms with Crippen LogP contribution in [0.2, 0.25) is 0 Å². The lowest BCUT2D eigenvalue weighted by molar-refractivity contribution is -0.385. The standard InChI is InChI=1S/C14H12BrNO4/c15-11-5-6-12(16(18)19)14(9-11)20-13-4-2-1-3-10(13)7-8-17/h1-6,9,17H,7-8H2. The summed E-state index contributed by atoms with van der Waals surface area (Å²) in [6.45, 7) is -0.0129. The van der Waals surface area contributed by atoms with E-state index in [0.29, 0.717) is 16.6 Å². The summed E-state index contributed by atoms with van der Waals surface area (Å²) < 4.78 is 6.34. The molecule has 0 atom stereocenters. The first kappa shape index (κ1) is 14.5. The van der Waals surface area contributed by atoms with E-state index >= 15 is 0 Å². The largest absolute Gasteiger partial charge is 0.450 e. The molecule has 6 heteroatoms. The molecule has 0 aliphatic heterocycles. The normalized spacial score (nSPS) is 10.3. The van der Waals surface area contributed by atoms with Crippen LogP contribution in [0.15, 0.2) is 46.9 Å². The van der Waals surface area contributed by atoms with Crippen LogP contribution < -0.4 is 4.74 Å². The van der Waals surface area contributed by atoms with E-state index in [1.807, 2.05) is 12.1 Å². The van der Waals surface area contributed by atoms with Gasteiger partial charge < -0.3 is 9.84 Å². The number of nitro groups is 1. The highest BCUT2D eigenvalue weighted by atomic mass is 79.9. The summed E-state index contributed by atoms with van der Waals surface area (Å²) in [6.07, 6.45) is 0.429. The zero-order chi connectivity index (χ0) is 14.5. The minimum absolute atomic E-state index is 0.0129. The summed E-state index contributed by atoms with van der Waals surface area (Å²) in [7, 11) is 0. The van der Waals surface area contributed by atoms with Crippen molar-refractivity contribution in [1.82, 2.24) is 0 Å². The Hall–Kier alpha value is -1.92. The van der Waals surface area contributed by atoms with Crippen molar-refractivity contribution < 1.29 is 14.8 Å². The molecule has 2 aromatic rings. The molecule has 0 saturated carbocycles. The number of rotatable bonds is 5. The van der Waals surface area contributed by atoms with Crippen LogP contribution >= 0.6 is 15.9 Å². The zero-order valence-corrected chi connectivity index (χ0v) is 12.0. The van der Waals surface area contributed by atoms with E-state index < -0.39 is 4.92 Å². The minimum Gasteiger partial charge on any atom is -0.450 e. The van der Waals surface area contributed by atoms with E-state index in [1.165, 1.54) is 6.07 Å². The highest BCUT2D eigenvalue weighted by molar-refractivity contribution is 9.10. The van der Waals surface area contributed by atoms with Crippen LogP contribution in [0.3, 0.4) is 0 Å². The molecule has 2 rings (SSSR count). The summed E-state index contributed by atoms with van der Waals surface area (Å²) in [5.41, 5.74) is 0.691. The fraction of sp³-hybridized carbons (Fsp3) is 0.143. The third-order valence-electron chi connectivity index (χ3n) is 2.69. The van der Waals surface area contributed by atoms with Crippen molar-refractivity contribution in [3.05, 3.63) is 62.6 Å². The van der Waals surface area contributed by atoms with Gasteiger partial charge >= 0.3 is 5.69 Å². The Balaban J connectivity index is 2.39. The predicted octanol–water partition coefficient (Wildman–Crippen LogP) is 3.68. The number of ether oxygens (including phenoxy) is 1. The van der Waals surface area contributed by atoms with Crippen LogP contribution in [0.5, 0.6) is 11.5 Å². The molecule has 0 aliphatic carbocycles. The van der Waals surface area contributed by atoms with Crippen LogP contribution in [-0.4, -0.2) is 16.6 Å². The Labute approximate surface area is 124 Å². The van der Waals surface area contributed by atoms with E-state index in [4.69, 9.17) is 9.84 Å². The number of benzene rings is 2. The van der Waals surface area contributed by atoms with E-state index in [-0.39, 0.29) is 18.0 Å². The van der Waals surface area contributed by atoms with Gasteiger partial charge in [-0.05, 0) is 24.1 Å². The lowest BCUT2D eigenvalue weighted by atomic mass is 10.1. The van der Waals surface area contributed by atoms with Crippen LogP contribution in [0, 0.1) is 10.1 Å². The van der Waals surface area contributed by atoms with E-state index in [0.717, 1.165) is 5.56 Å². The number of hydrogen-bond acceptors (Lipinski definition) is 4. The Morgan fingerprint density at radius 1 is 1.20 bits per heavy atom. The molecule has 0 heterocycles. The van der Waals surface area contributed by atoms with Gasteiger partial charge in [0.05, 0.1) is 4.92 Å². The fourth-order valence-electron chi connectivity index (χ4n) is 1.77. The molecule has 0 aliphatic rings. The Kier molecular flexibility index (Phi) is 4.70. The van der Waals surface area contributed by atoms with E-state index in [2.05, 4.69) is 15.9 Å². The second-order valence-corrected chi connectivity index (χ2v) is 4.97. The molecular formula is C14H12BrNO4. The van der Waals surface area contributed by atoms with Crippen molar-refractivity contribution in [2.75, 3.05) is 6.61 Å². The van der Waals surface area contributed by atoms with Gasteiger partial charge in [-0.2, -0.15) is 0 Å². The Bertz CT molecular complexity index is 630. The number of aliphatic hydroxyl groups is 1. The van der Waals surface area contributed by atoms with Gasteiger partial charge in [0.25, 0.3) is 0 Å². The van der Waals surface area contributed by atoms with Gasteiger partial charge in [-0.25, -0.2) is 0 Å². The molecule has 0 spiro atoms. The quantitative estimate of drug-likeness (QED) is 0.667. The third-order valence-corrected chi connectivity index (χ3v) is 3.19. The molecule has 0 unspecified atom stereocenters. The molecule has 0 radical (unpaired) electrons. The molecule has 5 nitrogen and oxygen atoms in total. The number of aliphatic hydroxyl groups excluding tert-OH is 1. The molecule has 1 N–H and O–H groups in total. The number of para-hydroxylation sites is 1. The SMILES string of the molecule is O=[N+]([O-])c1ccc(Br)cc1Oc1ccccc1CCO. The van der Waals surface area contributed by atoms with Gasteiger partial charge in [0.1, 0.15) is 5.75 Å². The second-order valence-electron chi connectivity index (χ2n) is 4.05.